The smallest absolute Gasteiger partial charge is 0.182 e. The predicted octanol–water partition coefficient (Wildman–Crippen LogP) is 5.23. The van der Waals surface area contributed by atoms with Gasteiger partial charge < -0.3 is 19.9 Å². The molecule has 1 unspecified atom stereocenters. The van der Waals surface area contributed by atoms with E-state index < -0.39 is 0 Å². The molecule has 0 fully saturated rings. The van der Waals surface area contributed by atoms with Gasteiger partial charge in [-0.1, -0.05) is 23.7 Å². The van der Waals surface area contributed by atoms with Gasteiger partial charge in [-0.05, 0) is 43.2 Å². The summed E-state index contributed by atoms with van der Waals surface area (Å²) in [7, 11) is 5.74. The van der Waals surface area contributed by atoms with Crippen LogP contribution in [-0.4, -0.2) is 41.1 Å². The van der Waals surface area contributed by atoms with Crippen LogP contribution >= 0.6 is 11.6 Å². The Balaban J connectivity index is 1.82. The average Bonchev–Trinajstić information content (AvgIpc) is 3.25. The highest BCUT2D eigenvalue weighted by atomic mass is 35.5. The molecule has 160 valence electrons. The number of benzene rings is 2. The highest BCUT2D eigenvalue weighted by Gasteiger charge is 2.22. The number of methoxy groups -OCH3 is 1. The molecule has 0 saturated carbocycles. The normalized spacial score (nSPS) is 12.1. The van der Waals surface area contributed by atoms with Gasteiger partial charge in [-0.3, -0.25) is 0 Å². The minimum Gasteiger partial charge on any atom is -0.496 e. The number of imidazole rings is 1. The summed E-state index contributed by atoms with van der Waals surface area (Å²) in [5.74, 6) is 1.46. The maximum atomic E-state index is 6.69. The van der Waals surface area contributed by atoms with Crippen LogP contribution in [0, 0.1) is 6.92 Å². The second-order valence-electron chi connectivity index (χ2n) is 7.62. The van der Waals surface area contributed by atoms with Gasteiger partial charge in [-0.25, -0.2) is 15.0 Å². The number of nitrogens with zero attached hydrogens (tertiary/aromatic N) is 4. The summed E-state index contributed by atoms with van der Waals surface area (Å²) in [5.41, 5.74) is 6.42. The number of aromatic nitrogens is 4. The SMILES string of the molecule is COc1c(C(C)Nc2ncnc3nc[nH]c23)cc(Cl)c(C)c1-c1cccc(N(C)C)c1. The van der Waals surface area contributed by atoms with Crippen molar-refractivity contribution in [3.8, 4) is 16.9 Å². The number of anilines is 2. The fraction of sp³-hybridized carbons (Fsp3) is 0.261. The molecule has 2 heterocycles. The molecule has 7 nitrogen and oxygen atoms in total. The quantitative estimate of drug-likeness (QED) is 0.431. The fourth-order valence-corrected chi connectivity index (χ4v) is 3.94. The van der Waals surface area contributed by atoms with E-state index in [-0.39, 0.29) is 6.04 Å². The number of hydrogen-bond acceptors (Lipinski definition) is 6. The van der Waals surface area contributed by atoms with E-state index in [1.165, 1.54) is 6.33 Å². The lowest BCUT2D eigenvalue weighted by atomic mass is 9.93. The molecule has 0 amide bonds. The van der Waals surface area contributed by atoms with Crippen molar-refractivity contribution in [1.82, 2.24) is 19.9 Å². The van der Waals surface area contributed by atoms with Crippen molar-refractivity contribution in [1.29, 1.82) is 0 Å². The van der Waals surface area contributed by atoms with Crippen LogP contribution in [0.2, 0.25) is 5.02 Å². The van der Waals surface area contributed by atoms with Crippen LogP contribution in [0.4, 0.5) is 11.5 Å². The van der Waals surface area contributed by atoms with Gasteiger partial charge in [0.25, 0.3) is 0 Å². The molecule has 0 spiro atoms. The molecule has 0 bridgehead atoms. The standard InChI is InChI=1S/C23H25ClN6O/c1-13-18(24)10-17(14(2)29-23-20-22(26-11-25-20)27-12-28-23)21(31-5)19(13)15-7-6-8-16(9-15)30(3)4/h6-12,14H,1-5H3,(H2,25,26,27,28,29). The molecule has 0 saturated heterocycles. The van der Waals surface area contributed by atoms with Crippen molar-refractivity contribution in [3.05, 3.63) is 59.1 Å². The van der Waals surface area contributed by atoms with Gasteiger partial charge >= 0.3 is 0 Å². The first-order valence-corrected chi connectivity index (χ1v) is 10.3. The molecule has 2 aromatic heterocycles. The van der Waals surface area contributed by atoms with Gasteiger partial charge in [0.1, 0.15) is 17.6 Å². The zero-order chi connectivity index (χ0) is 22.1. The van der Waals surface area contributed by atoms with Crippen molar-refractivity contribution in [2.24, 2.45) is 0 Å². The maximum Gasteiger partial charge on any atom is 0.182 e. The van der Waals surface area contributed by atoms with Gasteiger partial charge in [-0.2, -0.15) is 0 Å². The molecule has 0 aliphatic heterocycles. The summed E-state index contributed by atoms with van der Waals surface area (Å²) >= 11 is 6.69. The Morgan fingerprint density at radius 3 is 2.71 bits per heavy atom. The first kappa shape index (κ1) is 20.9. The van der Waals surface area contributed by atoms with E-state index in [2.05, 4.69) is 48.4 Å². The van der Waals surface area contributed by atoms with Gasteiger partial charge in [0.05, 0.1) is 19.5 Å². The molecule has 4 rings (SSSR count). The number of H-pyrrole nitrogens is 1. The third-order valence-corrected chi connectivity index (χ3v) is 5.80. The first-order valence-electron chi connectivity index (χ1n) is 9.96. The van der Waals surface area contributed by atoms with Crippen molar-refractivity contribution in [2.45, 2.75) is 19.9 Å². The first-order chi connectivity index (χ1) is 14.9. The van der Waals surface area contributed by atoms with E-state index >= 15 is 0 Å². The topological polar surface area (TPSA) is 79.0 Å². The van der Waals surface area contributed by atoms with Gasteiger partial charge in [0.2, 0.25) is 0 Å². The summed E-state index contributed by atoms with van der Waals surface area (Å²) in [6.45, 7) is 4.07. The molecular formula is C23H25ClN6O. The van der Waals surface area contributed by atoms with Crippen LogP contribution < -0.4 is 15.0 Å². The second-order valence-corrected chi connectivity index (χ2v) is 8.02. The molecule has 31 heavy (non-hydrogen) atoms. The summed E-state index contributed by atoms with van der Waals surface area (Å²) in [6, 6.07) is 10.2. The fourth-order valence-electron chi connectivity index (χ4n) is 3.73. The van der Waals surface area contributed by atoms with E-state index in [9.17, 15) is 0 Å². The minimum atomic E-state index is -0.134. The monoisotopic (exact) mass is 436 g/mol. The number of ether oxygens (including phenoxy) is 1. The van der Waals surface area contributed by atoms with E-state index in [4.69, 9.17) is 16.3 Å². The highest BCUT2D eigenvalue weighted by molar-refractivity contribution is 6.32. The Kier molecular flexibility index (Phi) is 5.69. The van der Waals surface area contributed by atoms with Crippen LogP contribution in [-0.2, 0) is 0 Å². The Bertz CT molecular complexity index is 1240. The lowest BCUT2D eigenvalue weighted by Gasteiger charge is -2.23. The number of halogens is 1. The Morgan fingerprint density at radius 1 is 1.16 bits per heavy atom. The predicted molar refractivity (Wildman–Crippen MR) is 126 cm³/mol. The second kappa shape index (κ2) is 8.43. The lowest BCUT2D eigenvalue weighted by molar-refractivity contribution is 0.409. The minimum absolute atomic E-state index is 0.134. The zero-order valence-electron chi connectivity index (χ0n) is 18.2. The molecule has 1 atom stereocenters. The molecule has 2 aromatic carbocycles. The molecule has 0 aliphatic carbocycles. The molecule has 2 N–H and O–H groups in total. The lowest BCUT2D eigenvalue weighted by Crippen LogP contribution is -2.11. The van der Waals surface area contributed by atoms with Crippen molar-refractivity contribution in [3.63, 3.8) is 0 Å². The van der Waals surface area contributed by atoms with E-state index in [1.807, 2.05) is 40.1 Å². The third kappa shape index (κ3) is 3.88. The Morgan fingerprint density at radius 2 is 1.97 bits per heavy atom. The van der Waals surface area contributed by atoms with Crippen LogP contribution in [0.25, 0.3) is 22.3 Å². The van der Waals surface area contributed by atoms with Crippen molar-refractivity contribution in [2.75, 3.05) is 31.4 Å². The summed E-state index contributed by atoms with van der Waals surface area (Å²) in [6.07, 6.45) is 3.10. The van der Waals surface area contributed by atoms with Crippen LogP contribution in [0.1, 0.15) is 24.1 Å². The Hall–Kier alpha value is -3.32. The van der Waals surface area contributed by atoms with Crippen molar-refractivity contribution < 1.29 is 4.74 Å². The maximum absolute atomic E-state index is 6.69. The van der Waals surface area contributed by atoms with E-state index in [1.54, 1.807) is 13.4 Å². The van der Waals surface area contributed by atoms with E-state index in [0.717, 1.165) is 39.2 Å². The Labute approximate surface area is 186 Å². The van der Waals surface area contributed by atoms with Gasteiger partial charge in [0.15, 0.2) is 11.5 Å². The molecule has 0 aliphatic rings. The number of nitrogens with one attached hydrogen (secondary N) is 2. The van der Waals surface area contributed by atoms with Crippen LogP contribution in [0.5, 0.6) is 5.75 Å². The molecule has 0 radical (unpaired) electrons. The third-order valence-electron chi connectivity index (χ3n) is 5.40. The number of hydrogen-bond donors (Lipinski definition) is 2. The van der Waals surface area contributed by atoms with Gasteiger partial charge in [-0.15, -0.1) is 0 Å². The van der Waals surface area contributed by atoms with Crippen LogP contribution in [0.3, 0.4) is 0 Å². The van der Waals surface area contributed by atoms with E-state index in [0.29, 0.717) is 16.5 Å². The summed E-state index contributed by atoms with van der Waals surface area (Å²) in [5, 5.41) is 4.13. The summed E-state index contributed by atoms with van der Waals surface area (Å²) in [4.78, 5) is 17.9. The molecule has 4 aromatic rings. The van der Waals surface area contributed by atoms with Gasteiger partial charge in [0, 0.05) is 35.9 Å². The molecule has 8 heteroatoms. The summed E-state index contributed by atoms with van der Waals surface area (Å²) < 4.78 is 5.93. The average molecular weight is 437 g/mol. The number of rotatable bonds is 6. The van der Waals surface area contributed by atoms with Crippen molar-refractivity contribution >= 4 is 34.3 Å². The highest BCUT2D eigenvalue weighted by Crippen LogP contribution is 2.43. The zero-order valence-corrected chi connectivity index (χ0v) is 18.9. The van der Waals surface area contributed by atoms with Crippen LogP contribution in [0.15, 0.2) is 43.0 Å². The number of aromatic amines is 1. The number of fused-ring (bicyclic) bond motifs is 1. The largest absolute Gasteiger partial charge is 0.496 e. The molecular weight excluding hydrogens is 412 g/mol.